The Morgan fingerprint density at radius 3 is 2.96 bits per heavy atom. The minimum Gasteiger partial charge on any atom is -0.485 e. The number of amides is 2. The fourth-order valence-corrected chi connectivity index (χ4v) is 2.98. The van der Waals surface area contributed by atoms with Crippen LogP contribution in [0.2, 0.25) is 0 Å². The lowest BCUT2D eigenvalue weighted by Crippen LogP contribution is -2.48. The van der Waals surface area contributed by atoms with Crippen molar-refractivity contribution in [3.63, 3.8) is 0 Å². The van der Waals surface area contributed by atoms with Crippen LogP contribution in [0.4, 0.5) is 10.5 Å². The van der Waals surface area contributed by atoms with Gasteiger partial charge < -0.3 is 19.9 Å². The lowest BCUT2D eigenvalue weighted by atomic mass is 10.2. The second kappa shape index (κ2) is 7.88. The molecule has 6 nitrogen and oxygen atoms in total. The van der Waals surface area contributed by atoms with E-state index in [1.807, 2.05) is 30.3 Å². The van der Waals surface area contributed by atoms with Gasteiger partial charge in [-0.15, -0.1) is 0 Å². The number of hydrogen-bond acceptors (Lipinski definition) is 4. The lowest BCUT2D eigenvalue weighted by Gasteiger charge is -2.37. The number of pyridine rings is 1. The molecule has 1 aromatic carbocycles. The highest BCUT2D eigenvalue weighted by Gasteiger charge is 2.26. The highest BCUT2D eigenvalue weighted by atomic mass is 16.5. The van der Waals surface area contributed by atoms with Gasteiger partial charge in [-0.25, -0.2) is 4.79 Å². The molecule has 0 spiro atoms. The van der Waals surface area contributed by atoms with E-state index in [-0.39, 0.29) is 12.1 Å². The number of hydrogen-bond donors (Lipinski definition) is 1. The fraction of sp³-hybridized carbons (Fsp3) is 0.368. The molecule has 0 saturated carbocycles. The van der Waals surface area contributed by atoms with Crippen LogP contribution in [0.25, 0.3) is 0 Å². The zero-order valence-electron chi connectivity index (χ0n) is 14.7. The van der Waals surface area contributed by atoms with E-state index in [2.05, 4.69) is 28.2 Å². The molecule has 2 amide bonds. The van der Waals surface area contributed by atoms with Crippen LogP contribution in [0.3, 0.4) is 0 Å². The molecule has 1 aromatic heterocycles. The molecule has 6 heteroatoms. The first-order chi connectivity index (χ1) is 12.2. The topological polar surface area (TPSA) is 57.7 Å². The lowest BCUT2D eigenvalue weighted by molar-refractivity contribution is 0.145. The Kier molecular flexibility index (Phi) is 5.38. The zero-order valence-corrected chi connectivity index (χ0v) is 14.7. The van der Waals surface area contributed by atoms with Crippen molar-refractivity contribution >= 4 is 11.7 Å². The van der Waals surface area contributed by atoms with Crippen LogP contribution in [0.1, 0.15) is 12.5 Å². The molecule has 132 valence electrons. The summed E-state index contributed by atoms with van der Waals surface area (Å²) in [4.78, 5) is 20.3. The molecule has 1 N–H and O–H groups in total. The van der Waals surface area contributed by atoms with Gasteiger partial charge in [0.1, 0.15) is 11.9 Å². The van der Waals surface area contributed by atoms with Crippen molar-refractivity contribution in [3.05, 3.63) is 54.4 Å². The minimum absolute atomic E-state index is 0.0519. The van der Waals surface area contributed by atoms with Gasteiger partial charge in [0.2, 0.25) is 0 Å². The third-order valence-electron chi connectivity index (χ3n) is 4.30. The molecule has 2 heterocycles. The molecule has 2 aromatic rings. The van der Waals surface area contributed by atoms with Crippen LogP contribution < -0.4 is 15.0 Å². The number of para-hydroxylation sites is 2. The number of benzene rings is 1. The number of carbonyl (C=O) groups excluding carboxylic acids is 1. The van der Waals surface area contributed by atoms with E-state index in [0.717, 1.165) is 30.1 Å². The Morgan fingerprint density at radius 2 is 2.20 bits per heavy atom. The van der Waals surface area contributed by atoms with Crippen LogP contribution in [-0.2, 0) is 6.54 Å². The van der Waals surface area contributed by atoms with Crippen LogP contribution in [0.5, 0.6) is 5.75 Å². The Morgan fingerprint density at radius 1 is 1.36 bits per heavy atom. The van der Waals surface area contributed by atoms with Gasteiger partial charge in [-0.2, -0.15) is 0 Å². The summed E-state index contributed by atoms with van der Waals surface area (Å²) < 4.78 is 6.07. The summed E-state index contributed by atoms with van der Waals surface area (Å²) in [5.41, 5.74) is 2.09. The molecule has 1 aliphatic rings. The number of nitrogens with one attached hydrogen (secondary N) is 1. The maximum absolute atomic E-state index is 12.3. The van der Waals surface area contributed by atoms with Crippen molar-refractivity contribution in [2.45, 2.75) is 19.6 Å². The van der Waals surface area contributed by atoms with E-state index in [1.54, 1.807) is 24.3 Å². The molecule has 1 atom stereocenters. The number of nitrogens with zero attached hydrogens (tertiary/aromatic N) is 3. The Bertz CT molecular complexity index is 708. The highest BCUT2D eigenvalue weighted by Crippen LogP contribution is 2.32. The monoisotopic (exact) mass is 340 g/mol. The number of urea groups is 1. The van der Waals surface area contributed by atoms with Gasteiger partial charge in [0.05, 0.1) is 18.8 Å². The van der Waals surface area contributed by atoms with E-state index in [4.69, 9.17) is 4.74 Å². The quantitative estimate of drug-likeness (QED) is 0.909. The van der Waals surface area contributed by atoms with E-state index in [1.165, 1.54) is 0 Å². The Balaban J connectivity index is 1.56. The minimum atomic E-state index is -0.116. The summed E-state index contributed by atoms with van der Waals surface area (Å²) in [6, 6.07) is 11.7. The summed E-state index contributed by atoms with van der Waals surface area (Å²) in [5.74, 6) is 0.879. The van der Waals surface area contributed by atoms with Crippen molar-refractivity contribution < 1.29 is 9.53 Å². The second-order valence-corrected chi connectivity index (χ2v) is 6.15. The normalized spacial score (nSPS) is 15.9. The van der Waals surface area contributed by atoms with E-state index < -0.39 is 0 Å². The molecule has 0 unspecified atom stereocenters. The molecule has 3 rings (SSSR count). The SMILES string of the molecule is CCN1C[C@H](CN(C)C(=O)NCc2cccnc2)Oc2ccccc21. The average molecular weight is 340 g/mol. The standard InChI is InChI=1S/C19H24N4O2/c1-3-23-14-16(25-18-9-5-4-8-17(18)23)13-22(2)19(24)21-12-15-7-6-10-20-11-15/h4-11,16H,3,12-14H2,1-2H3,(H,21,24)/t16-/m0/s1. The molecular formula is C19H24N4O2. The third-order valence-corrected chi connectivity index (χ3v) is 4.30. The maximum atomic E-state index is 12.3. The first kappa shape index (κ1) is 17.1. The first-order valence-corrected chi connectivity index (χ1v) is 8.56. The van der Waals surface area contributed by atoms with Gasteiger partial charge in [-0.3, -0.25) is 4.98 Å². The fourth-order valence-electron chi connectivity index (χ4n) is 2.98. The van der Waals surface area contributed by atoms with Gasteiger partial charge in [0.15, 0.2) is 0 Å². The van der Waals surface area contributed by atoms with Crippen molar-refractivity contribution in [1.82, 2.24) is 15.2 Å². The summed E-state index contributed by atoms with van der Waals surface area (Å²) in [6.45, 7) is 4.81. The second-order valence-electron chi connectivity index (χ2n) is 6.15. The largest absolute Gasteiger partial charge is 0.485 e. The van der Waals surface area contributed by atoms with Crippen LogP contribution >= 0.6 is 0 Å². The van der Waals surface area contributed by atoms with Crippen LogP contribution in [-0.4, -0.2) is 48.7 Å². The van der Waals surface area contributed by atoms with Crippen LogP contribution in [0.15, 0.2) is 48.8 Å². The van der Waals surface area contributed by atoms with Gasteiger partial charge in [0, 0.05) is 32.5 Å². The summed E-state index contributed by atoms with van der Waals surface area (Å²) in [7, 11) is 1.79. The molecule has 0 radical (unpaired) electrons. The number of rotatable bonds is 5. The number of fused-ring (bicyclic) bond motifs is 1. The summed E-state index contributed by atoms with van der Waals surface area (Å²) >= 11 is 0. The molecular weight excluding hydrogens is 316 g/mol. The molecule has 25 heavy (non-hydrogen) atoms. The number of carbonyl (C=O) groups is 1. The first-order valence-electron chi connectivity index (χ1n) is 8.56. The van der Waals surface area contributed by atoms with E-state index in [9.17, 15) is 4.79 Å². The Labute approximate surface area is 148 Å². The molecule has 0 bridgehead atoms. The van der Waals surface area contributed by atoms with E-state index >= 15 is 0 Å². The molecule has 1 aliphatic heterocycles. The van der Waals surface area contributed by atoms with Crippen molar-refractivity contribution in [1.29, 1.82) is 0 Å². The summed E-state index contributed by atoms with van der Waals surface area (Å²) in [6.07, 6.45) is 3.42. The predicted molar refractivity (Wildman–Crippen MR) is 97.8 cm³/mol. The molecule has 0 saturated heterocycles. The molecule has 0 fully saturated rings. The third kappa shape index (κ3) is 4.21. The number of anilines is 1. The number of ether oxygens (including phenoxy) is 1. The Hall–Kier alpha value is -2.76. The predicted octanol–water partition coefficient (Wildman–Crippen LogP) is 2.51. The van der Waals surface area contributed by atoms with Crippen molar-refractivity contribution in [2.75, 3.05) is 31.6 Å². The smallest absolute Gasteiger partial charge is 0.317 e. The van der Waals surface area contributed by atoms with Crippen molar-refractivity contribution in [2.24, 2.45) is 0 Å². The van der Waals surface area contributed by atoms with Crippen LogP contribution in [0, 0.1) is 0 Å². The number of likely N-dealkylation sites (N-methyl/N-ethyl adjacent to an activating group) is 2. The highest BCUT2D eigenvalue weighted by molar-refractivity contribution is 5.74. The van der Waals surface area contributed by atoms with Crippen molar-refractivity contribution in [3.8, 4) is 5.75 Å². The maximum Gasteiger partial charge on any atom is 0.317 e. The average Bonchev–Trinajstić information content (AvgIpc) is 2.66. The van der Waals surface area contributed by atoms with Gasteiger partial charge in [-0.05, 0) is 30.7 Å². The van der Waals surface area contributed by atoms with Gasteiger partial charge in [0.25, 0.3) is 0 Å². The zero-order chi connectivity index (χ0) is 17.6. The number of aromatic nitrogens is 1. The summed E-state index contributed by atoms with van der Waals surface area (Å²) in [5, 5.41) is 2.91. The molecule has 0 aliphatic carbocycles. The van der Waals surface area contributed by atoms with Gasteiger partial charge >= 0.3 is 6.03 Å². The van der Waals surface area contributed by atoms with Gasteiger partial charge in [-0.1, -0.05) is 18.2 Å². The van der Waals surface area contributed by atoms with E-state index in [0.29, 0.717) is 13.1 Å².